The van der Waals surface area contributed by atoms with Crippen LogP contribution >= 0.6 is 0 Å². The summed E-state index contributed by atoms with van der Waals surface area (Å²) in [5.74, 6) is 3.22. The smallest absolute Gasteiger partial charge is 0.159 e. The molecule has 2 nitrogen and oxygen atoms in total. The Morgan fingerprint density at radius 3 is 2.33 bits per heavy atom. The number of rotatable bonds is 4. The monoisotopic (exact) mass is 454 g/mol. The minimum Gasteiger partial charge on any atom is -0.299 e. The molecule has 3 saturated carbocycles. The lowest BCUT2D eigenvalue weighted by Gasteiger charge is -2.61. The first kappa shape index (κ1) is 25.2. The molecule has 0 aliphatic heterocycles. The molecule has 0 amide bonds. The van der Waals surface area contributed by atoms with Crippen LogP contribution in [0.15, 0.2) is 11.6 Å². The topological polar surface area (TPSA) is 34.1 Å². The maximum Gasteiger partial charge on any atom is 0.159 e. The molecule has 0 spiro atoms. The third kappa shape index (κ3) is 3.81. The Hall–Kier alpha value is -0.920. The second kappa shape index (κ2) is 8.06. The van der Waals surface area contributed by atoms with Gasteiger partial charge in [0.1, 0.15) is 5.78 Å². The third-order valence-electron chi connectivity index (χ3n) is 11.8. The molecule has 2 heteroatoms. The van der Waals surface area contributed by atoms with Gasteiger partial charge in [0, 0.05) is 18.3 Å². The van der Waals surface area contributed by atoms with Gasteiger partial charge in [0.15, 0.2) is 5.78 Å². The van der Waals surface area contributed by atoms with E-state index in [1.807, 2.05) is 0 Å². The molecular formula is C31H50O2. The third-order valence-corrected chi connectivity index (χ3v) is 11.8. The van der Waals surface area contributed by atoms with Crippen molar-refractivity contribution in [1.29, 1.82) is 0 Å². The first-order chi connectivity index (χ1) is 15.1. The molecule has 0 radical (unpaired) electrons. The van der Waals surface area contributed by atoms with E-state index in [1.165, 1.54) is 44.1 Å². The second-order valence-corrected chi connectivity index (χ2v) is 14.8. The van der Waals surface area contributed by atoms with E-state index in [0.717, 1.165) is 18.3 Å². The van der Waals surface area contributed by atoms with Gasteiger partial charge in [-0.15, -0.1) is 0 Å². The van der Waals surface area contributed by atoms with Crippen molar-refractivity contribution in [2.75, 3.05) is 0 Å². The van der Waals surface area contributed by atoms with Gasteiger partial charge in [-0.2, -0.15) is 0 Å². The molecule has 3 fully saturated rings. The summed E-state index contributed by atoms with van der Waals surface area (Å²) in [6.45, 7) is 21.6. The molecule has 0 aromatic carbocycles. The van der Waals surface area contributed by atoms with Crippen molar-refractivity contribution in [2.45, 2.75) is 114 Å². The van der Waals surface area contributed by atoms with E-state index in [9.17, 15) is 9.59 Å². The highest BCUT2D eigenvalue weighted by Crippen LogP contribution is 2.72. The number of Topliss-reactive ketones (excluding diaryl/α,β-unsaturated/α-hetero) is 1. The number of hydrogen-bond acceptors (Lipinski definition) is 2. The lowest BCUT2D eigenvalue weighted by Crippen LogP contribution is -2.56. The fourth-order valence-electron chi connectivity index (χ4n) is 9.10. The molecule has 9 atom stereocenters. The summed E-state index contributed by atoms with van der Waals surface area (Å²) in [7, 11) is 0. The Balaban J connectivity index is 1.63. The summed E-state index contributed by atoms with van der Waals surface area (Å²) in [6.07, 6.45) is 11.0. The highest BCUT2D eigenvalue weighted by Gasteiger charge is 2.65. The molecule has 0 N–H and O–H groups in total. The number of carbonyl (C=O) groups excluding carboxylic acids is 2. The molecule has 0 aromatic rings. The van der Waals surface area contributed by atoms with Crippen LogP contribution in [0.1, 0.15) is 114 Å². The lowest BCUT2D eigenvalue weighted by atomic mass is 9.43. The summed E-state index contributed by atoms with van der Waals surface area (Å²) >= 11 is 0. The Morgan fingerprint density at radius 2 is 1.70 bits per heavy atom. The largest absolute Gasteiger partial charge is 0.299 e. The second-order valence-electron chi connectivity index (χ2n) is 14.8. The van der Waals surface area contributed by atoms with Crippen molar-refractivity contribution < 1.29 is 9.59 Å². The van der Waals surface area contributed by atoms with Crippen molar-refractivity contribution in [3.05, 3.63) is 11.6 Å². The molecule has 0 aromatic heterocycles. The van der Waals surface area contributed by atoms with Gasteiger partial charge in [0.2, 0.25) is 0 Å². The number of fused-ring (bicyclic) bond motifs is 5. The molecule has 0 saturated heterocycles. The molecule has 4 rings (SSSR count). The van der Waals surface area contributed by atoms with E-state index in [-0.39, 0.29) is 33.9 Å². The van der Waals surface area contributed by atoms with Crippen LogP contribution < -0.4 is 0 Å². The standard InChI is InChI=1S/C31H50O2/c1-19(10-13-28(4,5)6)21(3)22-11-14-31(9)24-16-27(33)25-17-26(32)20(2)18-29(25,7)23(24)12-15-30(22,31)8/h16,19-23,25H,10-15,17-18H2,1-9H3/t19-,20+,21-,22-,23?,25+,29-,30-,31+/m1/s1. The zero-order valence-electron chi connectivity index (χ0n) is 23.0. The average molecular weight is 455 g/mol. The molecule has 0 heterocycles. The Labute approximate surface area is 203 Å². The minimum absolute atomic E-state index is 0.0392. The number of allylic oxidation sites excluding steroid dienone is 2. The van der Waals surface area contributed by atoms with E-state index in [1.54, 1.807) is 0 Å². The summed E-state index contributed by atoms with van der Waals surface area (Å²) in [6, 6.07) is 0. The van der Waals surface area contributed by atoms with Crippen LogP contribution in [-0.4, -0.2) is 11.6 Å². The molecule has 33 heavy (non-hydrogen) atoms. The van der Waals surface area contributed by atoms with Crippen LogP contribution in [0.3, 0.4) is 0 Å². The molecular weight excluding hydrogens is 404 g/mol. The molecule has 4 aliphatic carbocycles. The maximum absolute atomic E-state index is 13.5. The fraction of sp³-hybridized carbons (Fsp3) is 0.871. The molecule has 186 valence electrons. The molecule has 4 aliphatic rings. The van der Waals surface area contributed by atoms with Crippen molar-refractivity contribution in [1.82, 2.24) is 0 Å². The van der Waals surface area contributed by atoms with E-state index < -0.39 is 0 Å². The van der Waals surface area contributed by atoms with Crippen LogP contribution in [0.4, 0.5) is 0 Å². The van der Waals surface area contributed by atoms with Crippen LogP contribution in [0.25, 0.3) is 0 Å². The average Bonchev–Trinajstić information content (AvgIpc) is 2.99. The predicted octanol–water partition coefficient (Wildman–Crippen LogP) is 8.05. The first-order valence-electron chi connectivity index (χ1n) is 13.9. The molecule has 1 unspecified atom stereocenters. The summed E-state index contributed by atoms with van der Waals surface area (Å²) in [4.78, 5) is 26.0. The van der Waals surface area contributed by atoms with Crippen molar-refractivity contribution in [2.24, 2.45) is 57.2 Å². The van der Waals surface area contributed by atoms with Gasteiger partial charge in [-0.25, -0.2) is 0 Å². The molecule has 0 bridgehead atoms. The summed E-state index contributed by atoms with van der Waals surface area (Å²) in [5, 5.41) is 0. The van der Waals surface area contributed by atoms with Crippen LogP contribution in [-0.2, 0) is 9.59 Å². The Bertz CT molecular complexity index is 845. The highest BCUT2D eigenvalue weighted by molar-refractivity contribution is 5.98. The van der Waals surface area contributed by atoms with Gasteiger partial charge in [0.25, 0.3) is 0 Å². The SMILES string of the molecule is C[C@H]([C@H](C)CCC(C)(C)C)[C@H]1CC[C@@]2(C)C3=CC(=O)[C@@H]4CC(=O)[C@@H](C)C[C@]4(C)C3CC[C@]12C. The zero-order chi connectivity index (χ0) is 24.6. The summed E-state index contributed by atoms with van der Waals surface area (Å²) < 4.78 is 0. The van der Waals surface area contributed by atoms with Crippen molar-refractivity contribution >= 4 is 11.6 Å². The number of carbonyl (C=O) groups is 2. The van der Waals surface area contributed by atoms with E-state index >= 15 is 0 Å². The van der Waals surface area contributed by atoms with Gasteiger partial charge in [-0.3, -0.25) is 9.59 Å². The van der Waals surface area contributed by atoms with Crippen molar-refractivity contribution in [3.8, 4) is 0 Å². The van der Waals surface area contributed by atoms with Crippen LogP contribution in [0.2, 0.25) is 0 Å². The van der Waals surface area contributed by atoms with Crippen molar-refractivity contribution in [3.63, 3.8) is 0 Å². The van der Waals surface area contributed by atoms with E-state index in [2.05, 4.69) is 68.4 Å². The number of ketones is 2. The van der Waals surface area contributed by atoms with E-state index in [0.29, 0.717) is 29.5 Å². The maximum atomic E-state index is 13.5. The van der Waals surface area contributed by atoms with Gasteiger partial charge >= 0.3 is 0 Å². The number of hydrogen-bond donors (Lipinski definition) is 0. The van der Waals surface area contributed by atoms with Gasteiger partial charge in [-0.05, 0) is 96.4 Å². The highest BCUT2D eigenvalue weighted by atomic mass is 16.1. The zero-order valence-corrected chi connectivity index (χ0v) is 23.0. The normalized spacial score (nSPS) is 45.1. The lowest BCUT2D eigenvalue weighted by molar-refractivity contribution is -0.143. The fourth-order valence-corrected chi connectivity index (χ4v) is 9.10. The Kier molecular flexibility index (Phi) is 6.15. The quantitative estimate of drug-likeness (QED) is 0.430. The summed E-state index contributed by atoms with van der Waals surface area (Å²) in [5.41, 5.74) is 2.22. The van der Waals surface area contributed by atoms with Gasteiger partial charge in [-0.1, -0.05) is 67.9 Å². The van der Waals surface area contributed by atoms with Crippen LogP contribution in [0, 0.1) is 57.2 Å². The van der Waals surface area contributed by atoms with Gasteiger partial charge in [0.05, 0.1) is 0 Å². The minimum atomic E-state index is -0.0866. The Morgan fingerprint density at radius 1 is 1.03 bits per heavy atom. The predicted molar refractivity (Wildman–Crippen MR) is 137 cm³/mol. The first-order valence-corrected chi connectivity index (χ1v) is 13.9. The van der Waals surface area contributed by atoms with E-state index in [4.69, 9.17) is 0 Å². The van der Waals surface area contributed by atoms with Crippen LogP contribution in [0.5, 0.6) is 0 Å². The van der Waals surface area contributed by atoms with Gasteiger partial charge < -0.3 is 0 Å².